The third-order valence-corrected chi connectivity index (χ3v) is 6.21. The predicted molar refractivity (Wildman–Crippen MR) is 160 cm³/mol. The van der Waals surface area contributed by atoms with Crippen molar-refractivity contribution in [2.45, 2.75) is 12.8 Å². The van der Waals surface area contributed by atoms with Gasteiger partial charge in [0.05, 0.1) is 18.8 Å². The first kappa shape index (κ1) is 30.5. The molecule has 43 heavy (non-hydrogen) atoms. The van der Waals surface area contributed by atoms with Crippen LogP contribution < -0.4 is 14.2 Å². The fourth-order valence-electron chi connectivity index (χ4n) is 3.93. The minimum Gasteiger partial charge on any atom is -0.494 e. The number of esters is 3. The number of hydrogen-bond donors (Lipinski definition) is 0. The first-order valence-electron chi connectivity index (χ1n) is 13.4. The largest absolute Gasteiger partial charge is 0.494 e. The number of hydrogen-bond acceptors (Lipinski definition) is 7. The molecule has 0 aliphatic rings. The van der Waals surface area contributed by atoms with E-state index in [-0.39, 0.29) is 6.61 Å². The smallest absolute Gasteiger partial charge is 0.366 e. The highest BCUT2D eigenvalue weighted by Gasteiger charge is 2.10. The molecule has 0 aliphatic heterocycles. The molecule has 0 aliphatic carbocycles. The summed E-state index contributed by atoms with van der Waals surface area (Å²) in [5.41, 5.74) is 4.33. The number of carbonyl (C=O) groups excluding carboxylic acids is 3. The zero-order chi connectivity index (χ0) is 30.6. The molecule has 4 aromatic carbocycles. The number of ether oxygens (including phenoxy) is 4. The van der Waals surface area contributed by atoms with Crippen molar-refractivity contribution < 1.29 is 37.7 Å². The van der Waals surface area contributed by atoms with Crippen LogP contribution in [0.3, 0.4) is 0 Å². The highest BCUT2D eigenvalue weighted by molar-refractivity contribution is 5.91. The van der Waals surface area contributed by atoms with Gasteiger partial charge in [-0.1, -0.05) is 61.7 Å². The summed E-state index contributed by atoms with van der Waals surface area (Å²) in [6.45, 7) is 6.72. The second-order valence-electron chi connectivity index (χ2n) is 9.26. The third kappa shape index (κ3) is 8.99. The fraction of sp³-hybridized carbons (Fsp3) is 0.114. The van der Waals surface area contributed by atoms with Gasteiger partial charge in [-0.3, -0.25) is 0 Å². The zero-order valence-electron chi connectivity index (χ0n) is 23.3. The van der Waals surface area contributed by atoms with Gasteiger partial charge in [0.25, 0.3) is 0 Å². The van der Waals surface area contributed by atoms with Crippen LogP contribution in [0.5, 0.6) is 17.2 Å². The van der Waals surface area contributed by atoms with Crippen LogP contribution in [-0.4, -0.2) is 31.1 Å². The highest BCUT2D eigenvalue weighted by Crippen LogP contribution is 2.28. The normalized spacial score (nSPS) is 10.3. The molecule has 0 saturated heterocycles. The lowest BCUT2D eigenvalue weighted by Crippen LogP contribution is -2.08. The molecule has 4 aromatic rings. The van der Waals surface area contributed by atoms with Gasteiger partial charge in [-0.2, -0.15) is 4.39 Å². The molecular weight excluding hydrogens is 551 g/mol. The summed E-state index contributed by atoms with van der Waals surface area (Å²) in [4.78, 5) is 34.9. The maximum absolute atomic E-state index is 12.6. The lowest BCUT2D eigenvalue weighted by atomic mass is 10.0. The van der Waals surface area contributed by atoms with E-state index in [0.29, 0.717) is 42.3 Å². The van der Waals surface area contributed by atoms with Crippen LogP contribution in [0.2, 0.25) is 0 Å². The lowest BCUT2D eigenvalue weighted by molar-refractivity contribution is -0.140. The number of carbonyl (C=O) groups is 3. The summed E-state index contributed by atoms with van der Waals surface area (Å²) in [5, 5.41) is 0. The summed E-state index contributed by atoms with van der Waals surface area (Å²) in [6.07, 6.45) is 2.23. The van der Waals surface area contributed by atoms with Crippen molar-refractivity contribution in [3.8, 4) is 39.5 Å². The molecule has 0 bridgehead atoms. The number of unbranched alkanes of at least 4 members (excludes halogenated alkanes) is 1. The van der Waals surface area contributed by atoms with Gasteiger partial charge in [0.2, 0.25) is 5.83 Å². The topological polar surface area (TPSA) is 88.1 Å². The summed E-state index contributed by atoms with van der Waals surface area (Å²) in [6, 6.07) is 29.0. The van der Waals surface area contributed by atoms with Crippen molar-refractivity contribution in [3.63, 3.8) is 0 Å². The van der Waals surface area contributed by atoms with Crippen molar-refractivity contribution >= 4 is 17.9 Å². The molecule has 0 amide bonds. The van der Waals surface area contributed by atoms with Gasteiger partial charge in [-0.05, 0) is 83.6 Å². The van der Waals surface area contributed by atoms with Gasteiger partial charge >= 0.3 is 17.9 Å². The summed E-state index contributed by atoms with van der Waals surface area (Å²) in [5.74, 6) is -1.73. The average molecular weight is 581 g/mol. The van der Waals surface area contributed by atoms with Crippen LogP contribution in [0.4, 0.5) is 4.39 Å². The molecule has 0 spiro atoms. The predicted octanol–water partition coefficient (Wildman–Crippen LogP) is 7.52. The van der Waals surface area contributed by atoms with E-state index in [9.17, 15) is 18.8 Å². The molecule has 8 heteroatoms. The minimum atomic E-state index is -1.12. The molecule has 4 rings (SSSR count). The molecule has 0 saturated carbocycles. The third-order valence-electron chi connectivity index (χ3n) is 6.21. The van der Waals surface area contributed by atoms with E-state index in [1.165, 1.54) is 0 Å². The Labute approximate surface area is 248 Å². The molecule has 218 valence electrons. The van der Waals surface area contributed by atoms with Gasteiger partial charge < -0.3 is 18.9 Å². The molecule has 0 aromatic heterocycles. The van der Waals surface area contributed by atoms with Gasteiger partial charge in [0, 0.05) is 6.08 Å². The molecule has 0 radical (unpaired) electrons. The van der Waals surface area contributed by atoms with Crippen LogP contribution in [0.1, 0.15) is 23.2 Å². The Kier molecular flexibility index (Phi) is 10.6. The quantitative estimate of drug-likeness (QED) is 0.0700. The zero-order valence-corrected chi connectivity index (χ0v) is 23.3. The Balaban J connectivity index is 1.25. The summed E-state index contributed by atoms with van der Waals surface area (Å²) < 4.78 is 33.5. The maximum atomic E-state index is 12.6. The van der Waals surface area contributed by atoms with Gasteiger partial charge in [0.15, 0.2) is 0 Å². The van der Waals surface area contributed by atoms with Gasteiger partial charge in [0.1, 0.15) is 17.2 Å². The first-order chi connectivity index (χ1) is 20.8. The summed E-state index contributed by atoms with van der Waals surface area (Å²) in [7, 11) is 0. The van der Waals surface area contributed by atoms with Crippen molar-refractivity contribution in [1.29, 1.82) is 0 Å². The fourth-order valence-corrected chi connectivity index (χ4v) is 3.93. The van der Waals surface area contributed by atoms with Crippen LogP contribution in [0.15, 0.2) is 122 Å². The minimum absolute atomic E-state index is 0.0806. The van der Waals surface area contributed by atoms with E-state index >= 15 is 0 Å². The van der Waals surface area contributed by atoms with Crippen LogP contribution in [-0.2, 0) is 14.3 Å². The Bertz CT molecular complexity index is 1570. The molecule has 0 heterocycles. The first-order valence-corrected chi connectivity index (χ1v) is 13.4. The van der Waals surface area contributed by atoms with Crippen LogP contribution in [0, 0.1) is 0 Å². The molecule has 7 nitrogen and oxygen atoms in total. The Hall–Kier alpha value is -5.50. The second-order valence-corrected chi connectivity index (χ2v) is 9.26. The maximum Gasteiger partial charge on any atom is 0.366 e. The van der Waals surface area contributed by atoms with E-state index < -0.39 is 23.7 Å². The van der Waals surface area contributed by atoms with Crippen LogP contribution >= 0.6 is 0 Å². The number of benzene rings is 4. The van der Waals surface area contributed by atoms with E-state index in [1.807, 2.05) is 48.5 Å². The average Bonchev–Trinajstić information content (AvgIpc) is 3.03. The monoisotopic (exact) mass is 580 g/mol. The second kappa shape index (κ2) is 14.9. The van der Waals surface area contributed by atoms with Crippen molar-refractivity contribution in [3.05, 3.63) is 128 Å². The van der Waals surface area contributed by atoms with E-state index in [1.54, 1.807) is 48.5 Å². The van der Waals surface area contributed by atoms with Gasteiger partial charge in [-0.25, -0.2) is 14.4 Å². The van der Waals surface area contributed by atoms with E-state index in [2.05, 4.69) is 17.9 Å². The lowest BCUT2D eigenvalue weighted by Gasteiger charge is -2.09. The molecular formula is C35H29FO7. The van der Waals surface area contributed by atoms with Gasteiger partial charge in [-0.15, -0.1) is 0 Å². The standard InChI is InChI=1S/C35H29FO7/c1-3-33(37)42-31-18-10-27(11-19-31)25-6-8-26(9-7-25)28-12-20-32(21-13-28)43-35(39)29-14-16-30(17-15-29)40-22-4-5-23-41-34(38)24(2)36/h3,6-21H,1-2,4-5,22-23H2. The Morgan fingerprint density at radius 2 is 1.07 bits per heavy atom. The molecule has 0 unspecified atom stereocenters. The van der Waals surface area contributed by atoms with Crippen molar-refractivity contribution in [2.24, 2.45) is 0 Å². The SMILES string of the molecule is C=CC(=O)Oc1ccc(-c2ccc(-c3ccc(OC(=O)c4ccc(OCCCCOC(=O)C(=C)F)cc4)cc3)cc2)cc1. The summed E-state index contributed by atoms with van der Waals surface area (Å²) >= 11 is 0. The van der Waals surface area contributed by atoms with E-state index in [0.717, 1.165) is 28.3 Å². The molecule has 0 N–H and O–H groups in total. The van der Waals surface area contributed by atoms with Crippen LogP contribution in [0.25, 0.3) is 22.3 Å². The number of halogens is 1. The van der Waals surface area contributed by atoms with Crippen molar-refractivity contribution in [1.82, 2.24) is 0 Å². The highest BCUT2D eigenvalue weighted by atomic mass is 19.1. The van der Waals surface area contributed by atoms with E-state index in [4.69, 9.17) is 14.2 Å². The molecule has 0 atom stereocenters. The number of rotatable bonds is 13. The Morgan fingerprint density at radius 3 is 1.56 bits per heavy atom. The molecule has 0 fully saturated rings. The van der Waals surface area contributed by atoms with Crippen molar-refractivity contribution in [2.75, 3.05) is 13.2 Å². The Morgan fingerprint density at radius 1 is 0.628 bits per heavy atom.